The quantitative estimate of drug-likeness (QED) is 0.631. The van der Waals surface area contributed by atoms with Crippen molar-refractivity contribution in [2.24, 2.45) is 0 Å². The monoisotopic (exact) mass is 279 g/mol. The van der Waals surface area contributed by atoms with Crippen LogP contribution in [-0.2, 0) is 9.53 Å². The molecule has 6 heteroatoms. The molecule has 0 amide bonds. The maximum Gasteiger partial charge on any atom is 0.367 e. The summed E-state index contributed by atoms with van der Waals surface area (Å²) in [6.45, 7) is 1.77. The summed E-state index contributed by atoms with van der Waals surface area (Å²) in [4.78, 5) is 14.8. The summed E-state index contributed by atoms with van der Waals surface area (Å²) in [6, 6.07) is 0. The number of hydrogen-bond acceptors (Lipinski definition) is 4. The molecule has 0 unspecified atom stereocenters. The van der Waals surface area contributed by atoms with Gasteiger partial charge in [0.25, 0.3) is 0 Å². The number of aromatic nitrogens is 1. The number of rotatable bonds is 3. The molecule has 1 heterocycles. The first-order valence-electron chi connectivity index (χ1n) is 3.79. The molecule has 0 aliphatic heterocycles. The molecule has 0 aliphatic carbocycles. The number of halogens is 2. The average molecular weight is 280 g/mol. The number of esters is 1. The van der Waals surface area contributed by atoms with E-state index in [1.807, 2.05) is 0 Å². The van der Waals surface area contributed by atoms with Gasteiger partial charge >= 0.3 is 5.97 Å². The first-order chi connectivity index (χ1) is 6.63. The number of carbonyl (C=O) groups excluding carboxylic acids is 1. The third kappa shape index (κ3) is 3.19. The van der Waals surface area contributed by atoms with Gasteiger partial charge in [0.2, 0.25) is 5.83 Å². The topological polar surface area (TPSA) is 39.2 Å². The van der Waals surface area contributed by atoms with Crippen molar-refractivity contribution in [2.75, 3.05) is 6.61 Å². The Kier molecular flexibility index (Phi) is 4.21. The Hall–Kier alpha value is -0.750. The summed E-state index contributed by atoms with van der Waals surface area (Å²) in [6.07, 6.45) is 1.05. The van der Waals surface area contributed by atoms with Gasteiger partial charge in [-0.2, -0.15) is 4.39 Å². The third-order valence-corrected chi connectivity index (χ3v) is 2.72. The summed E-state index contributed by atoms with van der Waals surface area (Å²) >= 11 is 4.35. The summed E-state index contributed by atoms with van der Waals surface area (Å²) in [5.41, 5.74) is 0. The molecule has 0 radical (unpaired) electrons. The van der Waals surface area contributed by atoms with Crippen molar-refractivity contribution in [3.05, 3.63) is 20.8 Å². The van der Waals surface area contributed by atoms with Crippen molar-refractivity contribution in [2.45, 2.75) is 6.92 Å². The van der Waals surface area contributed by atoms with Crippen LogP contribution in [0.25, 0.3) is 6.08 Å². The molecule has 0 atom stereocenters. The fourth-order valence-electron chi connectivity index (χ4n) is 0.701. The van der Waals surface area contributed by atoms with Gasteiger partial charge in [-0.15, -0.1) is 11.3 Å². The Bertz CT molecular complexity index is 364. The maximum atomic E-state index is 13.0. The lowest BCUT2D eigenvalue weighted by Gasteiger charge is -1.96. The largest absolute Gasteiger partial charge is 0.461 e. The van der Waals surface area contributed by atoms with Crippen LogP contribution in [-0.4, -0.2) is 17.6 Å². The Labute approximate surface area is 92.7 Å². The van der Waals surface area contributed by atoms with Crippen LogP contribution in [0.1, 0.15) is 11.9 Å². The van der Waals surface area contributed by atoms with Gasteiger partial charge in [0.1, 0.15) is 9.61 Å². The van der Waals surface area contributed by atoms with Crippen LogP contribution >= 0.6 is 27.3 Å². The van der Waals surface area contributed by atoms with Crippen LogP contribution in [0.4, 0.5) is 4.39 Å². The van der Waals surface area contributed by atoms with E-state index in [2.05, 4.69) is 25.7 Å². The first kappa shape index (κ1) is 11.3. The molecule has 0 spiro atoms. The molecule has 3 nitrogen and oxygen atoms in total. The molecule has 0 aromatic carbocycles. The van der Waals surface area contributed by atoms with E-state index in [9.17, 15) is 9.18 Å². The molecule has 76 valence electrons. The zero-order chi connectivity index (χ0) is 10.6. The van der Waals surface area contributed by atoms with Crippen molar-refractivity contribution in [3.8, 4) is 0 Å². The van der Waals surface area contributed by atoms with Crippen molar-refractivity contribution >= 4 is 39.3 Å². The molecule has 1 aromatic heterocycles. The van der Waals surface area contributed by atoms with Crippen LogP contribution in [0, 0.1) is 0 Å². The van der Waals surface area contributed by atoms with Gasteiger partial charge in [-0.1, -0.05) is 0 Å². The molecule has 0 saturated carbocycles. The Balaban J connectivity index is 2.73. The van der Waals surface area contributed by atoms with Gasteiger partial charge in [0, 0.05) is 11.5 Å². The molecule has 1 aromatic rings. The van der Waals surface area contributed by atoms with Crippen LogP contribution in [0.15, 0.2) is 15.8 Å². The van der Waals surface area contributed by atoms with Crippen LogP contribution in [0.2, 0.25) is 0 Å². The Morgan fingerprint density at radius 1 is 1.86 bits per heavy atom. The Morgan fingerprint density at radius 2 is 2.57 bits per heavy atom. The highest BCUT2D eigenvalue weighted by Gasteiger charge is 2.10. The standard InChI is InChI=1S/C8H7BrFNO2S/c1-2-13-8(12)5(10)3-7-11-6(9)4-14-7/h3-4H,2H2,1H3/b5-3-. The Morgan fingerprint density at radius 3 is 3.07 bits per heavy atom. The number of nitrogens with zero attached hydrogens (tertiary/aromatic N) is 1. The smallest absolute Gasteiger partial charge is 0.367 e. The predicted octanol–water partition coefficient (Wildman–Crippen LogP) is 2.78. The second kappa shape index (κ2) is 5.21. The molecular weight excluding hydrogens is 273 g/mol. The number of ether oxygens (including phenoxy) is 1. The molecule has 14 heavy (non-hydrogen) atoms. The molecular formula is C8H7BrFNO2S. The molecule has 0 fully saturated rings. The van der Waals surface area contributed by atoms with E-state index < -0.39 is 11.8 Å². The zero-order valence-corrected chi connectivity index (χ0v) is 9.69. The van der Waals surface area contributed by atoms with E-state index >= 15 is 0 Å². The van der Waals surface area contributed by atoms with E-state index in [1.165, 1.54) is 11.3 Å². The number of hydrogen-bond donors (Lipinski definition) is 0. The van der Waals surface area contributed by atoms with E-state index in [0.717, 1.165) is 6.08 Å². The van der Waals surface area contributed by atoms with Crippen molar-refractivity contribution in [1.82, 2.24) is 4.98 Å². The SMILES string of the molecule is CCOC(=O)/C(F)=C/c1nc(Br)cs1. The van der Waals surface area contributed by atoms with Gasteiger partial charge in [-0.25, -0.2) is 9.78 Å². The van der Waals surface area contributed by atoms with Gasteiger partial charge < -0.3 is 4.74 Å². The average Bonchev–Trinajstić information content (AvgIpc) is 2.51. The van der Waals surface area contributed by atoms with Gasteiger partial charge in [0.05, 0.1) is 6.61 Å². The normalized spacial score (nSPS) is 11.5. The first-order valence-corrected chi connectivity index (χ1v) is 5.46. The lowest BCUT2D eigenvalue weighted by molar-refractivity contribution is -0.140. The van der Waals surface area contributed by atoms with E-state index in [4.69, 9.17) is 0 Å². The molecule has 0 N–H and O–H groups in total. The molecule has 0 aliphatic rings. The minimum absolute atomic E-state index is 0.154. The van der Waals surface area contributed by atoms with Crippen molar-refractivity contribution in [3.63, 3.8) is 0 Å². The van der Waals surface area contributed by atoms with Crippen LogP contribution in [0.3, 0.4) is 0 Å². The minimum Gasteiger partial charge on any atom is -0.461 e. The highest BCUT2D eigenvalue weighted by molar-refractivity contribution is 9.10. The number of carbonyl (C=O) groups is 1. The van der Waals surface area contributed by atoms with Gasteiger partial charge in [0.15, 0.2) is 0 Å². The summed E-state index contributed by atoms with van der Waals surface area (Å²) < 4.78 is 18.1. The fourth-order valence-corrected chi connectivity index (χ4v) is 1.88. The van der Waals surface area contributed by atoms with E-state index in [-0.39, 0.29) is 6.61 Å². The summed E-state index contributed by atoms with van der Waals surface area (Å²) in [5, 5.41) is 2.12. The van der Waals surface area contributed by atoms with E-state index in [0.29, 0.717) is 9.61 Å². The summed E-state index contributed by atoms with van der Waals surface area (Å²) in [5.74, 6) is -1.90. The molecule has 0 saturated heterocycles. The lowest BCUT2D eigenvalue weighted by Crippen LogP contribution is -2.03. The number of thiazole rings is 1. The molecule has 1 rings (SSSR count). The van der Waals surface area contributed by atoms with Crippen molar-refractivity contribution in [1.29, 1.82) is 0 Å². The minimum atomic E-state index is -0.959. The van der Waals surface area contributed by atoms with Crippen molar-refractivity contribution < 1.29 is 13.9 Å². The van der Waals surface area contributed by atoms with E-state index in [1.54, 1.807) is 12.3 Å². The second-order valence-corrected chi connectivity index (χ2v) is 3.92. The van der Waals surface area contributed by atoms with Crippen LogP contribution in [0.5, 0.6) is 0 Å². The lowest BCUT2D eigenvalue weighted by atomic mass is 10.5. The zero-order valence-electron chi connectivity index (χ0n) is 7.29. The van der Waals surface area contributed by atoms with Gasteiger partial charge in [-0.05, 0) is 22.9 Å². The summed E-state index contributed by atoms with van der Waals surface area (Å²) in [7, 11) is 0. The maximum absolute atomic E-state index is 13.0. The van der Waals surface area contributed by atoms with Crippen LogP contribution < -0.4 is 0 Å². The molecule has 0 bridgehead atoms. The third-order valence-electron chi connectivity index (χ3n) is 1.21. The van der Waals surface area contributed by atoms with Gasteiger partial charge in [-0.3, -0.25) is 0 Å². The predicted molar refractivity (Wildman–Crippen MR) is 55.5 cm³/mol. The second-order valence-electron chi connectivity index (χ2n) is 2.22. The highest BCUT2D eigenvalue weighted by atomic mass is 79.9. The highest BCUT2D eigenvalue weighted by Crippen LogP contribution is 2.18. The fraction of sp³-hybridized carbons (Fsp3) is 0.250.